The quantitative estimate of drug-likeness (QED) is 0.291. The lowest BCUT2D eigenvalue weighted by Crippen LogP contribution is -2.02. The van der Waals surface area contributed by atoms with Gasteiger partial charge in [-0.15, -0.1) is 17.0 Å². The Labute approximate surface area is 175 Å². The molecular weight excluding hydrogens is 402 g/mol. The summed E-state index contributed by atoms with van der Waals surface area (Å²) in [7, 11) is 0. The van der Waals surface area contributed by atoms with Crippen LogP contribution < -0.4 is 5.32 Å². The van der Waals surface area contributed by atoms with E-state index in [2.05, 4.69) is 53.3 Å². The molecule has 0 atom stereocenters. The van der Waals surface area contributed by atoms with Crippen molar-refractivity contribution in [2.45, 2.75) is 77.6 Å². The van der Waals surface area contributed by atoms with Gasteiger partial charge in [-0.2, -0.15) is 11.3 Å². The highest BCUT2D eigenvalue weighted by molar-refractivity contribution is 8.93. The molecule has 0 saturated heterocycles. The molecule has 0 aliphatic rings. The van der Waals surface area contributed by atoms with Crippen molar-refractivity contribution in [2.75, 3.05) is 11.9 Å². The van der Waals surface area contributed by atoms with E-state index in [0.29, 0.717) is 0 Å². The lowest BCUT2D eigenvalue weighted by atomic mass is 10.1. The molecule has 1 aromatic carbocycles. The lowest BCUT2D eigenvalue weighted by molar-refractivity contribution is 0.552. The van der Waals surface area contributed by atoms with Gasteiger partial charge in [0.05, 0.1) is 0 Å². The van der Waals surface area contributed by atoms with Crippen molar-refractivity contribution in [3.63, 3.8) is 0 Å². The Balaban J connectivity index is 0.00000338. The molecule has 0 fully saturated rings. The van der Waals surface area contributed by atoms with Crippen molar-refractivity contribution in [3.8, 4) is 11.1 Å². The summed E-state index contributed by atoms with van der Waals surface area (Å²) in [6.45, 7) is 3.37. The molecule has 1 heterocycles. The maximum atomic E-state index is 3.64. The zero-order chi connectivity index (χ0) is 17.6. The normalized spacial score (nSPS) is 10.5. The van der Waals surface area contributed by atoms with E-state index < -0.39 is 0 Å². The van der Waals surface area contributed by atoms with Crippen molar-refractivity contribution in [1.82, 2.24) is 0 Å². The Morgan fingerprint density at radius 3 is 2.00 bits per heavy atom. The number of halogens is 1. The summed E-state index contributed by atoms with van der Waals surface area (Å²) in [5.74, 6) is 0. The first-order valence-electron chi connectivity index (χ1n) is 10.3. The molecule has 0 aliphatic carbocycles. The van der Waals surface area contributed by atoms with Crippen LogP contribution in [0.3, 0.4) is 0 Å². The summed E-state index contributed by atoms with van der Waals surface area (Å²) in [6.07, 6.45) is 15.4. The van der Waals surface area contributed by atoms with E-state index in [9.17, 15) is 0 Å². The topological polar surface area (TPSA) is 12.0 Å². The van der Waals surface area contributed by atoms with Gasteiger partial charge in [-0.25, -0.2) is 0 Å². The third-order valence-electron chi connectivity index (χ3n) is 4.86. The van der Waals surface area contributed by atoms with E-state index in [-0.39, 0.29) is 17.0 Å². The second-order valence-corrected chi connectivity index (χ2v) is 7.80. The molecule has 3 heteroatoms. The molecule has 26 heavy (non-hydrogen) atoms. The zero-order valence-corrected chi connectivity index (χ0v) is 18.9. The number of hydrogen-bond acceptors (Lipinski definition) is 2. The number of hydrogen-bond donors (Lipinski definition) is 1. The number of unbranched alkanes of at least 4 members (excludes halogenated alkanes) is 10. The molecule has 0 radical (unpaired) electrons. The number of para-hydroxylation sites is 1. The van der Waals surface area contributed by atoms with Crippen LogP contribution in [0, 0.1) is 0 Å². The van der Waals surface area contributed by atoms with Crippen molar-refractivity contribution in [2.24, 2.45) is 0 Å². The van der Waals surface area contributed by atoms with Crippen LogP contribution in [0.4, 0.5) is 5.69 Å². The number of anilines is 1. The highest BCUT2D eigenvalue weighted by atomic mass is 79.9. The van der Waals surface area contributed by atoms with Gasteiger partial charge in [-0.1, -0.05) is 89.3 Å². The maximum Gasteiger partial charge on any atom is 0.0420 e. The molecule has 2 aromatic rings. The van der Waals surface area contributed by atoms with Gasteiger partial charge in [0.2, 0.25) is 0 Å². The molecule has 146 valence electrons. The van der Waals surface area contributed by atoms with Gasteiger partial charge in [0.25, 0.3) is 0 Å². The highest BCUT2D eigenvalue weighted by Crippen LogP contribution is 2.29. The molecule has 1 nitrogen and oxygen atoms in total. The van der Waals surface area contributed by atoms with Gasteiger partial charge in [0, 0.05) is 17.8 Å². The van der Waals surface area contributed by atoms with Gasteiger partial charge < -0.3 is 5.32 Å². The Bertz CT molecular complexity index is 553. The van der Waals surface area contributed by atoms with Crippen molar-refractivity contribution in [3.05, 3.63) is 41.1 Å². The first kappa shape index (κ1) is 23.2. The summed E-state index contributed by atoms with van der Waals surface area (Å²) in [5.41, 5.74) is 3.92. The van der Waals surface area contributed by atoms with E-state index in [1.54, 1.807) is 11.3 Å². The SMILES string of the molecule is Br.CCCCCCCCCCCCCNc1ccccc1-c1ccsc1. The molecule has 0 bridgehead atoms. The smallest absolute Gasteiger partial charge is 0.0420 e. The fraction of sp³-hybridized carbons (Fsp3) is 0.565. The van der Waals surface area contributed by atoms with Crippen LogP contribution in [0.5, 0.6) is 0 Å². The minimum atomic E-state index is 0. The molecule has 0 unspecified atom stereocenters. The highest BCUT2D eigenvalue weighted by Gasteiger charge is 2.04. The van der Waals surface area contributed by atoms with Crippen LogP contribution in [0.1, 0.15) is 77.6 Å². The van der Waals surface area contributed by atoms with E-state index in [4.69, 9.17) is 0 Å². The molecule has 0 aliphatic heterocycles. The van der Waals surface area contributed by atoms with Gasteiger partial charge in [0.15, 0.2) is 0 Å². The number of nitrogens with one attached hydrogen (secondary N) is 1. The predicted molar refractivity (Wildman–Crippen MR) is 125 cm³/mol. The van der Waals surface area contributed by atoms with Crippen molar-refractivity contribution >= 4 is 34.0 Å². The van der Waals surface area contributed by atoms with Crippen LogP contribution in [-0.2, 0) is 0 Å². The summed E-state index contributed by atoms with van der Waals surface area (Å²) in [5, 5.41) is 8.01. The monoisotopic (exact) mass is 437 g/mol. The molecule has 0 amide bonds. The number of benzene rings is 1. The molecule has 0 spiro atoms. The van der Waals surface area contributed by atoms with Crippen molar-refractivity contribution in [1.29, 1.82) is 0 Å². The summed E-state index contributed by atoms with van der Waals surface area (Å²) in [6, 6.07) is 10.9. The second-order valence-electron chi connectivity index (χ2n) is 7.02. The van der Waals surface area contributed by atoms with Crippen LogP contribution in [-0.4, -0.2) is 6.54 Å². The van der Waals surface area contributed by atoms with Crippen LogP contribution >= 0.6 is 28.3 Å². The fourth-order valence-corrected chi connectivity index (χ4v) is 3.97. The molecule has 1 aromatic heterocycles. The minimum Gasteiger partial charge on any atom is -0.385 e. The van der Waals surface area contributed by atoms with Crippen LogP contribution in [0.25, 0.3) is 11.1 Å². The average molecular weight is 439 g/mol. The average Bonchev–Trinajstić information content (AvgIpc) is 3.17. The molecule has 1 N–H and O–H groups in total. The standard InChI is InChI=1S/C23H35NS.BrH/c1-2-3-4-5-6-7-8-9-10-11-14-18-24-23-16-13-12-15-22(23)21-17-19-25-20-21;/h12-13,15-17,19-20,24H,2-11,14,18H2,1H3;1H. The number of thiophene rings is 1. The van der Waals surface area contributed by atoms with Gasteiger partial charge in [0.1, 0.15) is 0 Å². The van der Waals surface area contributed by atoms with Crippen molar-refractivity contribution < 1.29 is 0 Å². The first-order chi connectivity index (χ1) is 12.4. The Morgan fingerprint density at radius 2 is 1.38 bits per heavy atom. The zero-order valence-electron chi connectivity index (χ0n) is 16.3. The summed E-state index contributed by atoms with van der Waals surface area (Å²) >= 11 is 1.76. The van der Waals surface area contributed by atoms with E-state index in [0.717, 1.165) is 6.54 Å². The summed E-state index contributed by atoms with van der Waals surface area (Å²) in [4.78, 5) is 0. The Hall–Kier alpha value is -0.800. The maximum absolute atomic E-state index is 3.64. The van der Waals surface area contributed by atoms with Gasteiger partial charge >= 0.3 is 0 Å². The number of rotatable bonds is 14. The molecular formula is C23H36BrNS. The summed E-state index contributed by atoms with van der Waals surface area (Å²) < 4.78 is 0. The Kier molecular flexibility index (Phi) is 13.7. The molecule has 2 rings (SSSR count). The van der Waals surface area contributed by atoms with E-state index in [1.165, 1.54) is 87.4 Å². The Morgan fingerprint density at radius 1 is 0.769 bits per heavy atom. The first-order valence-corrected chi connectivity index (χ1v) is 11.2. The largest absolute Gasteiger partial charge is 0.385 e. The van der Waals surface area contributed by atoms with Gasteiger partial charge in [-0.05, 0) is 34.9 Å². The lowest BCUT2D eigenvalue weighted by Gasteiger charge is -2.11. The third-order valence-corrected chi connectivity index (χ3v) is 5.54. The third kappa shape index (κ3) is 9.23. The van der Waals surface area contributed by atoms with Crippen LogP contribution in [0.15, 0.2) is 41.1 Å². The van der Waals surface area contributed by atoms with E-state index >= 15 is 0 Å². The van der Waals surface area contributed by atoms with E-state index in [1.807, 2.05) is 0 Å². The second kappa shape index (κ2) is 15.3. The fourth-order valence-electron chi connectivity index (χ4n) is 3.32. The van der Waals surface area contributed by atoms with Gasteiger partial charge in [-0.3, -0.25) is 0 Å². The molecule has 0 saturated carbocycles. The van der Waals surface area contributed by atoms with Crippen LogP contribution in [0.2, 0.25) is 0 Å². The minimum absolute atomic E-state index is 0. The predicted octanol–water partition coefficient (Wildman–Crippen LogP) is 8.72.